The van der Waals surface area contributed by atoms with Gasteiger partial charge in [0.25, 0.3) is 0 Å². The van der Waals surface area contributed by atoms with Crippen LogP contribution in [-0.4, -0.2) is 44.4 Å². The molecule has 1 rings (SSSR count). The van der Waals surface area contributed by atoms with E-state index in [-0.39, 0.29) is 29.6 Å². The molecule has 0 unspecified atom stereocenters. The Balaban J connectivity index is 0.00000121. The van der Waals surface area contributed by atoms with Gasteiger partial charge in [0.1, 0.15) is 0 Å². The van der Waals surface area contributed by atoms with Crippen LogP contribution in [0.1, 0.15) is 0 Å². The molecule has 0 aromatic heterocycles. The average Bonchev–Trinajstić information content (AvgIpc) is 1.85. The summed E-state index contributed by atoms with van der Waals surface area (Å²) in [6, 6.07) is 10.8. The number of benzene rings is 1. The van der Waals surface area contributed by atoms with Crippen molar-refractivity contribution in [3.8, 4) is 0 Å². The molecule has 1 aromatic rings. The molecule has 0 atom stereocenters. The van der Waals surface area contributed by atoms with Crippen LogP contribution in [0.25, 0.3) is 0 Å². The fourth-order valence-electron chi connectivity index (χ4n) is 1.21. The normalized spacial score (nSPS) is 10.2. The summed E-state index contributed by atoms with van der Waals surface area (Å²) in [4.78, 5) is 0. The Labute approximate surface area is 99.2 Å². The molecule has 0 fully saturated rings. The van der Waals surface area contributed by atoms with Gasteiger partial charge in [-0.05, 0) is 0 Å². The van der Waals surface area contributed by atoms with E-state index in [0.717, 1.165) is 0 Å². The summed E-state index contributed by atoms with van der Waals surface area (Å²) in [6.45, 7) is 8.51. The van der Waals surface area contributed by atoms with Gasteiger partial charge in [-0.1, -0.05) is 55.4 Å². The Bertz CT molecular complexity index is 218. The van der Waals surface area contributed by atoms with Crippen molar-refractivity contribution in [2.45, 2.75) is 19.6 Å². The summed E-state index contributed by atoms with van der Waals surface area (Å²) in [5.41, 5.74) is 1.49. The summed E-state index contributed by atoms with van der Waals surface area (Å²) in [6.07, 6.45) is 0. The van der Waals surface area contributed by atoms with E-state index in [0.29, 0.717) is 0 Å². The minimum atomic E-state index is -0.898. The summed E-state index contributed by atoms with van der Waals surface area (Å²) < 4.78 is 0. The van der Waals surface area contributed by atoms with E-state index < -0.39 is 7.94 Å². The molecule has 0 radical (unpaired) electrons. The van der Waals surface area contributed by atoms with Crippen LogP contribution < -0.4 is 5.46 Å². The first-order valence-electron chi connectivity index (χ1n) is 4.12. The van der Waals surface area contributed by atoms with Gasteiger partial charge >= 0.3 is 29.6 Å². The van der Waals surface area contributed by atoms with Crippen LogP contribution in [0.3, 0.4) is 0 Å². The van der Waals surface area contributed by atoms with Gasteiger partial charge in [-0.25, -0.2) is 0 Å². The zero-order chi connectivity index (χ0) is 8.32. The van der Waals surface area contributed by atoms with Crippen LogP contribution in [-0.2, 0) is 0 Å². The second kappa shape index (κ2) is 5.28. The predicted molar refractivity (Wildman–Crippen MR) is 63.7 cm³/mol. The van der Waals surface area contributed by atoms with Crippen LogP contribution >= 0.6 is 0 Å². The van der Waals surface area contributed by atoms with Crippen LogP contribution in [0.2, 0.25) is 19.6 Å². The van der Waals surface area contributed by atoms with Crippen LogP contribution in [0.5, 0.6) is 0 Å². The van der Waals surface area contributed by atoms with Crippen LogP contribution in [0.4, 0.5) is 0 Å². The van der Waals surface area contributed by atoms with E-state index in [2.05, 4.69) is 50.0 Å². The van der Waals surface area contributed by atoms with Gasteiger partial charge in [0, 0.05) is 7.94 Å². The maximum absolute atomic E-state index is 2.40. The van der Waals surface area contributed by atoms with E-state index in [1.165, 1.54) is 12.3 Å². The molecule has 0 N–H and O–H groups in total. The molecular formula is C9H16BNaSi. The van der Waals surface area contributed by atoms with Gasteiger partial charge in [0.2, 0.25) is 0 Å². The first-order valence-corrected chi connectivity index (χ1v) is 7.82. The van der Waals surface area contributed by atoms with Gasteiger partial charge in [-0.2, -0.15) is 0 Å². The third kappa shape index (κ3) is 5.20. The molecule has 0 bridgehead atoms. The fourth-order valence-corrected chi connectivity index (χ4v) is 2.67. The summed E-state index contributed by atoms with van der Waals surface area (Å²) in [5, 5.41) is 0. The minimum absolute atomic E-state index is 0. The molecule has 0 aliphatic rings. The third-order valence-corrected chi connectivity index (χ3v) is 3.05. The number of rotatable bonds is 2. The summed E-state index contributed by atoms with van der Waals surface area (Å²) >= 11 is 0. The van der Waals surface area contributed by atoms with Crippen molar-refractivity contribution in [3.63, 3.8) is 0 Å². The molecular weight excluding hydrogens is 170 g/mol. The van der Waals surface area contributed by atoms with E-state index in [9.17, 15) is 0 Å². The second-order valence-corrected chi connectivity index (χ2v) is 9.70. The van der Waals surface area contributed by atoms with Gasteiger partial charge < -0.3 is 0 Å². The molecule has 12 heavy (non-hydrogen) atoms. The van der Waals surface area contributed by atoms with Crippen molar-refractivity contribution in [2.24, 2.45) is 0 Å². The van der Waals surface area contributed by atoms with Crippen molar-refractivity contribution >= 4 is 49.8 Å². The molecule has 1 aromatic carbocycles. The summed E-state index contributed by atoms with van der Waals surface area (Å²) in [7, 11) is -0.898. The van der Waals surface area contributed by atoms with E-state index in [4.69, 9.17) is 0 Å². The van der Waals surface area contributed by atoms with Gasteiger partial charge in [-0.3, -0.25) is 0 Å². The van der Waals surface area contributed by atoms with Crippen LogP contribution in [0.15, 0.2) is 30.3 Å². The van der Waals surface area contributed by atoms with Crippen molar-refractivity contribution in [1.29, 1.82) is 0 Å². The first kappa shape index (κ1) is 12.5. The summed E-state index contributed by atoms with van der Waals surface area (Å²) in [5.74, 6) is 0. The van der Waals surface area contributed by atoms with Crippen molar-refractivity contribution in [2.75, 3.05) is 0 Å². The Hall–Kier alpha value is 0.502. The monoisotopic (exact) mass is 186 g/mol. The molecule has 3 heteroatoms. The zero-order valence-electron chi connectivity index (χ0n) is 7.59. The van der Waals surface area contributed by atoms with Gasteiger partial charge in [0.15, 0.2) is 6.87 Å². The molecule has 0 aliphatic heterocycles. The Morgan fingerprint density at radius 2 is 1.50 bits per heavy atom. The third-order valence-electron chi connectivity index (χ3n) is 1.58. The molecule has 0 aliphatic carbocycles. The Morgan fingerprint density at radius 3 is 1.92 bits per heavy atom. The van der Waals surface area contributed by atoms with Gasteiger partial charge in [0.05, 0.1) is 0 Å². The van der Waals surface area contributed by atoms with Crippen LogP contribution in [0, 0.1) is 0 Å². The van der Waals surface area contributed by atoms with Crippen molar-refractivity contribution in [3.05, 3.63) is 30.3 Å². The van der Waals surface area contributed by atoms with Gasteiger partial charge in [-0.15, -0.1) is 0 Å². The first-order chi connectivity index (χ1) is 5.08. The molecule has 0 saturated heterocycles. The standard InChI is InChI=1S/C9H15BSi.Na.H/c1-11(2,3)10-9-7-5-4-6-8-9;;/h4-8,10H,1-3H3;;. The topological polar surface area (TPSA) is 0 Å². The molecule has 60 valence electrons. The Morgan fingerprint density at radius 1 is 1.00 bits per heavy atom. The fraction of sp³-hybridized carbons (Fsp3) is 0.333. The number of hydrogen-bond acceptors (Lipinski definition) is 0. The molecule has 0 saturated carbocycles. The van der Waals surface area contributed by atoms with E-state index in [1.807, 2.05) is 0 Å². The van der Waals surface area contributed by atoms with Crippen molar-refractivity contribution in [1.82, 2.24) is 0 Å². The SMILES string of the molecule is C[Si](C)(C)Bc1ccccc1.[NaH]. The zero-order valence-corrected chi connectivity index (χ0v) is 8.59. The van der Waals surface area contributed by atoms with Crippen molar-refractivity contribution < 1.29 is 0 Å². The second-order valence-electron chi connectivity index (χ2n) is 4.22. The molecule has 0 spiro atoms. The van der Waals surface area contributed by atoms with E-state index in [1.54, 1.807) is 0 Å². The Kier molecular flexibility index (Phi) is 5.50. The maximum atomic E-state index is 2.40. The average molecular weight is 186 g/mol. The number of hydrogen-bond donors (Lipinski definition) is 0. The molecule has 0 heterocycles. The molecule has 0 amide bonds. The molecule has 0 nitrogen and oxygen atoms in total. The quantitative estimate of drug-likeness (QED) is 0.603. The van der Waals surface area contributed by atoms with E-state index >= 15 is 0 Å². The predicted octanol–water partition coefficient (Wildman–Crippen LogP) is 0.935.